The number of amides is 2. The van der Waals surface area contributed by atoms with Crippen LogP contribution in [0.25, 0.3) is 0 Å². The van der Waals surface area contributed by atoms with Crippen molar-refractivity contribution < 1.29 is 19.1 Å². The average molecular weight is 513 g/mol. The molecule has 2 amide bonds. The number of anilines is 2. The van der Waals surface area contributed by atoms with Gasteiger partial charge >= 0.3 is 0 Å². The maximum atomic E-state index is 13.6. The van der Waals surface area contributed by atoms with E-state index in [1.165, 1.54) is 11.3 Å². The molecule has 1 heterocycles. The van der Waals surface area contributed by atoms with E-state index in [9.17, 15) is 9.59 Å². The molecule has 1 aliphatic rings. The molecule has 0 radical (unpaired) electrons. The van der Waals surface area contributed by atoms with E-state index >= 15 is 0 Å². The molecule has 1 unspecified atom stereocenters. The Hall–Kier alpha value is -3.03. The van der Waals surface area contributed by atoms with Gasteiger partial charge in [0, 0.05) is 9.90 Å². The molecule has 4 rings (SSSR count). The number of carbonyl (C=O) groups excluding carboxylic acids is 2. The normalized spacial score (nSPS) is 13.8. The van der Waals surface area contributed by atoms with Crippen LogP contribution >= 0.6 is 22.9 Å². The molecule has 184 valence electrons. The first kappa shape index (κ1) is 25.1. The zero-order valence-corrected chi connectivity index (χ0v) is 21.4. The number of hydrogen-bond acceptors (Lipinski definition) is 5. The highest BCUT2D eigenvalue weighted by atomic mass is 35.5. The third-order valence-electron chi connectivity index (χ3n) is 5.80. The van der Waals surface area contributed by atoms with Crippen LogP contribution in [0.3, 0.4) is 0 Å². The zero-order valence-electron chi connectivity index (χ0n) is 19.9. The fourth-order valence-electron chi connectivity index (χ4n) is 4.12. The van der Waals surface area contributed by atoms with Crippen molar-refractivity contribution in [3.05, 3.63) is 69.6 Å². The van der Waals surface area contributed by atoms with E-state index < -0.39 is 6.10 Å². The first-order valence-electron chi connectivity index (χ1n) is 11.9. The second-order valence-electron chi connectivity index (χ2n) is 8.36. The van der Waals surface area contributed by atoms with Crippen LogP contribution in [0.4, 0.5) is 10.7 Å². The van der Waals surface area contributed by atoms with E-state index in [4.69, 9.17) is 21.1 Å². The highest BCUT2D eigenvalue weighted by Gasteiger charge is 2.27. The molecule has 0 saturated carbocycles. The van der Waals surface area contributed by atoms with Gasteiger partial charge in [-0.1, -0.05) is 36.2 Å². The number of thiophene rings is 1. The SMILES string of the molecule is CCOc1ccccc1NC(=O)c1c(NC(=O)C(C)Oc2cccc(Cl)c2)sc2c1CCCCC2. The lowest BCUT2D eigenvalue weighted by Crippen LogP contribution is -2.30. The van der Waals surface area contributed by atoms with Crippen LogP contribution in [0.15, 0.2) is 48.5 Å². The Morgan fingerprint density at radius 2 is 1.86 bits per heavy atom. The number of benzene rings is 2. The molecule has 2 aromatic carbocycles. The molecule has 0 fully saturated rings. The van der Waals surface area contributed by atoms with Crippen molar-refractivity contribution in [3.63, 3.8) is 0 Å². The molecule has 0 bridgehead atoms. The van der Waals surface area contributed by atoms with Crippen molar-refractivity contribution in [2.75, 3.05) is 17.2 Å². The maximum Gasteiger partial charge on any atom is 0.265 e. The fourth-order valence-corrected chi connectivity index (χ4v) is 5.59. The number of nitrogens with one attached hydrogen (secondary N) is 2. The molecule has 0 saturated heterocycles. The molecule has 1 aliphatic carbocycles. The van der Waals surface area contributed by atoms with Gasteiger partial charge in [0.15, 0.2) is 6.10 Å². The van der Waals surface area contributed by atoms with Crippen LogP contribution in [-0.4, -0.2) is 24.5 Å². The van der Waals surface area contributed by atoms with Crippen molar-refractivity contribution in [2.24, 2.45) is 0 Å². The lowest BCUT2D eigenvalue weighted by Gasteiger charge is -2.16. The number of hydrogen-bond donors (Lipinski definition) is 2. The Morgan fingerprint density at radius 1 is 1.06 bits per heavy atom. The number of rotatable bonds is 8. The van der Waals surface area contributed by atoms with Crippen molar-refractivity contribution in [1.82, 2.24) is 0 Å². The van der Waals surface area contributed by atoms with Crippen LogP contribution in [0.1, 0.15) is 53.9 Å². The minimum absolute atomic E-state index is 0.254. The monoisotopic (exact) mass is 512 g/mol. The van der Waals surface area contributed by atoms with Crippen LogP contribution in [0.5, 0.6) is 11.5 Å². The molecule has 0 aliphatic heterocycles. The predicted molar refractivity (Wildman–Crippen MR) is 141 cm³/mol. The number of halogens is 1. The number of ether oxygens (including phenoxy) is 2. The third-order valence-corrected chi connectivity index (χ3v) is 7.24. The highest BCUT2D eigenvalue weighted by Crippen LogP contribution is 2.38. The molecule has 8 heteroatoms. The van der Waals surface area contributed by atoms with E-state index in [1.54, 1.807) is 31.2 Å². The molecular formula is C27H29ClN2O4S. The Morgan fingerprint density at radius 3 is 2.66 bits per heavy atom. The van der Waals surface area contributed by atoms with E-state index in [-0.39, 0.29) is 11.8 Å². The summed E-state index contributed by atoms with van der Waals surface area (Å²) in [5.41, 5.74) is 2.15. The summed E-state index contributed by atoms with van der Waals surface area (Å²) in [5.74, 6) is 0.534. The quantitative estimate of drug-likeness (QED) is 0.328. The van der Waals surface area contributed by atoms with E-state index in [0.717, 1.165) is 42.5 Å². The molecule has 3 aromatic rings. The van der Waals surface area contributed by atoms with Gasteiger partial charge in [-0.2, -0.15) is 0 Å². The zero-order chi connectivity index (χ0) is 24.8. The largest absolute Gasteiger partial charge is 0.492 e. The van der Waals surface area contributed by atoms with Gasteiger partial charge in [-0.3, -0.25) is 9.59 Å². The van der Waals surface area contributed by atoms with Gasteiger partial charge in [-0.15, -0.1) is 11.3 Å². The number of aryl methyl sites for hydroxylation is 1. The van der Waals surface area contributed by atoms with Gasteiger partial charge < -0.3 is 20.1 Å². The lowest BCUT2D eigenvalue weighted by atomic mass is 10.0. The summed E-state index contributed by atoms with van der Waals surface area (Å²) in [6, 6.07) is 14.3. The van der Waals surface area contributed by atoms with Gasteiger partial charge in [0.05, 0.1) is 17.9 Å². The summed E-state index contributed by atoms with van der Waals surface area (Å²) in [6.07, 6.45) is 4.16. The fraction of sp³-hybridized carbons (Fsp3) is 0.333. The first-order chi connectivity index (χ1) is 17.0. The lowest BCUT2D eigenvalue weighted by molar-refractivity contribution is -0.122. The third kappa shape index (κ3) is 6.16. The minimum atomic E-state index is -0.773. The Balaban J connectivity index is 1.59. The van der Waals surface area contributed by atoms with Crippen molar-refractivity contribution in [3.8, 4) is 11.5 Å². The van der Waals surface area contributed by atoms with Gasteiger partial charge in [0.25, 0.3) is 11.8 Å². The molecule has 2 N–H and O–H groups in total. The molecule has 6 nitrogen and oxygen atoms in total. The summed E-state index contributed by atoms with van der Waals surface area (Å²) >= 11 is 7.51. The molecular weight excluding hydrogens is 484 g/mol. The van der Waals surface area contributed by atoms with E-state index in [0.29, 0.717) is 39.4 Å². The molecule has 35 heavy (non-hydrogen) atoms. The molecule has 0 spiro atoms. The van der Waals surface area contributed by atoms with Crippen molar-refractivity contribution in [1.29, 1.82) is 0 Å². The van der Waals surface area contributed by atoms with Crippen LogP contribution in [-0.2, 0) is 17.6 Å². The van der Waals surface area contributed by atoms with Crippen LogP contribution < -0.4 is 20.1 Å². The predicted octanol–water partition coefficient (Wildman–Crippen LogP) is 6.73. The van der Waals surface area contributed by atoms with Crippen LogP contribution in [0, 0.1) is 0 Å². The van der Waals surface area contributed by atoms with E-state index in [1.807, 2.05) is 31.2 Å². The minimum Gasteiger partial charge on any atom is -0.492 e. The van der Waals surface area contributed by atoms with Gasteiger partial charge in [-0.25, -0.2) is 0 Å². The average Bonchev–Trinajstić information content (AvgIpc) is 3.00. The van der Waals surface area contributed by atoms with Gasteiger partial charge in [0.1, 0.15) is 16.5 Å². The summed E-state index contributed by atoms with van der Waals surface area (Å²) in [6.45, 7) is 4.07. The Bertz CT molecular complexity index is 1210. The Kier molecular flexibility index (Phi) is 8.31. The highest BCUT2D eigenvalue weighted by molar-refractivity contribution is 7.17. The van der Waals surface area contributed by atoms with Gasteiger partial charge in [0.2, 0.25) is 0 Å². The summed E-state index contributed by atoms with van der Waals surface area (Å²) < 4.78 is 11.5. The summed E-state index contributed by atoms with van der Waals surface area (Å²) in [5, 5.41) is 7.04. The first-order valence-corrected chi connectivity index (χ1v) is 13.1. The smallest absolute Gasteiger partial charge is 0.265 e. The van der Waals surface area contributed by atoms with Gasteiger partial charge in [-0.05, 0) is 75.4 Å². The topological polar surface area (TPSA) is 76.7 Å². The van der Waals surface area contributed by atoms with Crippen molar-refractivity contribution in [2.45, 2.75) is 52.1 Å². The second-order valence-corrected chi connectivity index (χ2v) is 9.90. The Labute approximate surface area is 214 Å². The van der Waals surface area contributed by atoms with Crippen LogP contribution in [0.2, 0.25) is 5.02 Å². The summed E-state index contributed by atoms with van der Waals surface area (Å²) in [7, 11) is 0. The number of fused-ring (bicyclic) bond motifs is 1. The standard InChI is InChI=1S/C27H29ClN2O4S/c1-3-33-22-14-8-7-13-21(22)29-26(32)24-20-12-5-4-6-15-23(20)35-27(24)30-25(31)17(2)34-19-11-9-10-18(28)16-19/h7-11,13-14,16-17H,3-6,12,15H2,1-2H3,(H,29,32)(H,30,31). The maximum absolute atomic E-state index is 13.6. The summed E-state index contributed by atoms with van der Waals surface area (Å²) in [4.78, 5) is 27.8. The van der Waals surface area contributed by atoms with Crippen molar-refractivity contribution >= 4 is 45.4 Å². The second kappa shape index (κ2) is 11.6. The number of carbonyl (C=O) groups is 2. The number of para-hydroxylation sites is 2. The molecule has 1 aromatic heterocycles. The van der Waals surface area contributed by atoms with E-state index in [2.05, 4.69) is 10.6 Å². The molecule has 1 atom stereocenters.